The molecular weight excluding hydrogens is 350 g/mol. The highest BCUT2D eigenvalue weighted by Gasteiger charge is 2.41. The molecular formula is C14H18BrClF2N2. The number of hydrogen-bond acceptors (Lipinski definition) is 2. The molecule has 0 radical (unpaired) electrons. The van der Waals surface area contributed by atoms with Crippen LogP contribution < -0.4 is 5.73 Å². The van der Waals surface area contributed by atoms with Gasteiger partial charge in [0.25, 0.3) is 0 Å². The Kier molecular flexibility index (Phi) is 5.05. The Balaban J connectivity index is 0.00000147. The predicted octanol–water partition coefficient (Wildman–Crippen LogP) is 3.32. The molecule has 0 amide bonds. The van der Waals surface area contributed by atoms with Gasteiger partial charge < -0.3 is 5.73 Å². The lowest BCUT2D eigenvalue weighted by Gasteiger charge is -2.19. The third kappa shape index (κ3) is 2.86. The second-order valence-electron chi connectivity index (χ2n) is 5.68. The second-order valence-corrected chi connectivity index (χ2v) is 6.54. The molecule has 0 aromatic heterocycles. The zero-order valence-electron chi connectivity index (χ0n) is 11.0. The molecule has 2 aliphatic rings. The molecule has 2 N–H and O–H groups in total. The SMILES string of the molecule is Cl.NC1CCC2CN(Cc3c(F)ccc(Br)c3F)CC12. The van der Waals surface area contributed by atoms with Crippen molar-refractivity contribution in [2.45, 2.75) is 25.4 Å². The number of likely N-dealkylation sites (tertiary alicyclic amines) is 1. The Morgan fingerprint density at radius 1 is 1.25 bits per heavy atom. The summed E-state index contributed by atoms with van der Waals surface area (Å²) in [5.41, 5.74) is 6.23. The van der Waals surface area contributed by atoms with Crippen molar-refractivity contribution in [3.05, 3.63) is 33.8 Å². The van der Waals surface area contributed by atoms with Crippen LogP contribution in [0.4, 0.5) is 8.78 Å². The Morgan fingerprint density at radius 3 is 2.70 bits per heavy atom. The summed E-state index contributed by atoms with van der Waals surface area (Å²) in [6.07, 6.45) is 2.23. The van der Waals surface area contributed by atoms with Crippen molar-refractivity contribution in [2.24, 2.45) is 17.6 Å². The van der Waals surface area contributed by atoms with Crippen LogP contribution in [0.25, 0.3) is 0 Å². The third-order valence-electron chi connectivity index (χ3n) is 4.51. The maximum Gasteiger partial charge on any atom is 0.144 e. The minimum atomic E-state index is -0.485. The van der Waals surface area contributed by atoms with E-state index in [0.29, 0.717) is 22.9 Å². The van der Waals surface area contributed by atoms with Crippen molar-refractivity contribution in [2.75, 3.05) is 13.1 Å². The van der Waals surface area contributed by atoms with Gasteiger partial charge in [0.1, 0.15) is 11.6 Å². The van der Waals surface area contributed by atoms with Crippen LogP contribution in [0.15, 0.2) is 16.6 Å². The number of nitrogens with zero attached hydrogens (tertiary/aromatic N) is 1. The molecule has 1 saturated heterocycles. The average molecular weight is 368 g/mol. The minimum Gasteiger partial charge on any atom is -0.327 e. The first-order chi connectivity index (χ1) is 9.06. The Labute approximate surface area is 132 Å². The van der Waals surface area contributed by atoms with Crippen LogP contribution >= 0.6 is 28.3 Å². The van der Waals surface area contributed by atoms with Crippen molar-refractivity contribution in [1.29, 1.82) is 0 Å². The molecule has 0 bridgehead atoms. The summed E-state index contributed by atoms with van der Waals surface area (Å²) < 4.78 is 28.0. The van der Waals surface area contributed by atoms with E-state index in [0.717, 1.165) is 25.9 Å². The molecule has 1 aromatic carbocycles. The van der Waals surface area contributed by atoms with Gasteiger partial charge in [-0.25, -0.2) is 8.78 Å². The van der Waals surface area contributed by atoms with Crippen LogP contribution in [0.1, 0.15) is 18.4 Å². The van der Waals surface area contributed by atoms with Gasteiger partial charge in [-0.3, -0.25) is 4.90 Å². The van der Waals surface area contributed by atoms with Crippen molar-refractivity contribution in [1.82, 2.24) is 4.90 Å². The van der Waals surface area contributed by atoms with Gasteiger partial charge in [-0.1, -0.05) is 0 Å². The molecule has 1 aromatic rings. The fraction of sp³-hybridized carbons (Fsp3) is 0.571. The fourth-order valence-electron chi connectivity index (χ4n) is 3.47. The fourth-order valence-corrected chi connectivity index (χ4v) is 3.84. The molecule has 1 saturated carbocycles. The lowest BCUT2D eigenvalue weighted by molar-refractivity contribution is 0.288. The molecule has 1 heterocycles. The van der Waals surface area contributed by atoms with Gasteiger partial charge >= 0.3 is 0 Å². The summed E-state index contributed by atoms with van der Waals surface area (Å²) in [6, 6.07) is 2.97. The number of benzene rings is 1. The molecule has 1 aliphatic heterocycles. The topological polar surface area (TPSA) is 29.3 Å². The smallest absolute Gasteiger partial charge is 0.144 e. The van der Waals surface area contributed by atoms with Crippen molar-refractivity contribution >= 4 is 28.3 Å². The average Bonchev–Trinajstić information content (AvgIpc) is 2.92. The first-order valence-electron chi connectivity index (χ1n) is 6.66. The quantitative estimate of drug-likeness (QED) is 0.813. The molecule has 2 nitrogen and oxygen atoms in total. The lowest BCUT2D eigenvalue weighted by atomic mass is 9.98. The summed E-state index contributed by atoms with van der Waals surface area (Å²) in [4.78, 5) is 2.13. The predicted molar refractivity (Wildman–Crippen MR) is 80.8 cm³/mol. The first-order valence-corrected chi connectivity index (χ1v) is 7.46. The maximum absolute atomic E-state index is 13.9. The van der Waals surface area contributed by atoms with Crippen molar-refractivity contribution in [3.63, 3.8) is 0 Å². The van der Waals surface area contributed by atoms with Gasteiger partial charge in [0.2, 0.25) is 0 Å². The number of fused-ring (bicyclic) bond motifs is 1. The highest BCUT2D eigenvalue weighted by atomic mass is 79.9. The van der Waals surface area contributed by atoms with Crippen molar-refractivity contribution < 1.29 is 8.78 Å². The zero-order chi connectivity index (χ0) is 13.6. The van der Waals surface area contributed by atoms with Crippen LogP contribution in [0.3, 0.4) is 0 Å². The molecule has 1 aliphatic carbocycles. The first kappa shape index (κ1) is 16.1. The highest BCUT2D eigenvalue weighted by molar-refractivity contribution is 9.10. The van der Waals surface area contributed by atoms with E-state index in [-0.39, 0.29) is 24.0 Å². The number of halogens is 4. The number of rotatable bonds is 2. The van der Waals surface area contributed by atoms with E-state index in [9.17, 15) is 8.78 Å². The Bertz CT molecular complexity index is 500. The second kappa shape index (κ2) is 6.26. The van der Waals surface area contributed by atoms with E-state index in [1.807, 2.05) is 0 Å². The molecule has 3 rings (SSSR count). The largest absolute Gasteiger partial charge is 0.327 e. The van der Waals surface area contributed by atoms with E-state index in [4.69, 9.17) is 5.73 Å². The summed E-state index contributed by atoms with van der Waals surface area (Å²) in [5.74, 6) is 0.148. The van der Waals surface area contributed by atoms with Crippen LogP contribution in [0.2, 0.25) is 0 Å². The minimum absolute atomic E-state index is 0. The Hall–Kier alpha value is -0.230. The molecule has 3 atom stereocenters. The highest BCUT2D eigenvalue weighted by Crippen LogP contribution is 2.38. The van der Waals surface area contributed by atoms with E-state index in [2.05, 4.69) is 20.8 Å². The number of hydrogen-bond donors (Lipinski definition) is 1. The van der Waals surface area contributed by atoms with Gasteiger partial charge in [0.15, 0.2) is 0 Å². The molecule has 3 unspecified atom stereocenters. The van der Waals surface area contributed by atoms with Gasteiger partial charge in [-0.05, 0) is 52.7 Å². The van der Waals surface area contributed by atoms with E-state index in [1.165, 1.54) is 12.1 Å². The third-order valence-corrected chi connectivity index (χ3v) is 5.12. The van der Waals surface area contributed by atoms with Gasteiger partial charge in [0, 0.05) is 31.2 Å². The molecule has 20 heavy (non-hydrogen) atoms. The lowest BCUT2D eigenvalue weighted by Crippen LogP contribution is -2.30. The van der Waals surface area contributed by atoms with E-state index < -0.39 is 11.6 Å². The summed E-state index contributed by atoms with van der Waals surface area (Å²) in [6.45, 7) is 2.10. The van der Waals surface area contributed by atoms with Crippen LogP contribution in [0, 0.1) is 23.5 Å². The monoisotopic (exact) mass is 366 g/mol. The standard InChI is InChI=1S/C14H17BrF2N2.ClH/c15-11-2-3-12(16)10(14(11)17)7-19-5-8-1-4-13(18)9(8)6-19;/h2-3,8-9,13H,1,4-7,18H2;1H. The molecule has 6 heteroatoms. The van der Waals surface area contributed by atoms with Crippen molar-refractivity contribution in [3.8, 4) is 0 Å². The van der Waals surface area contributed by atoms with Gasteiger partial charge in [-0.15, -0.1) is 12.4 Å². The van der Waals surface area contributed by atoms with Gasteiger partial charge in [0.05, 0.1) is 4.47 Å². The van der Waals surface area contributed by atoms with Gasteiger partial charge in [-0.2, -0.15) is 0 Å². The summed E-state index contributed by atoms with van der Waals surface area (Å²) >= 11 is 3.11. The molecule has 2 fully saturated rings. The van der Waals surface area contributed by atoms with Crippen LogP contribution in [-0.4, -0.2) is 24.0 Å². The Morgan fingerprint density at radius 2 is 2.00 bits per heavy atom. The zero-order valence-corrected chi connectivity index (χ0v) is 13.4. The number of nitrogens with two attached hydrogens (primary N) is 1. The molecule has 0 spiro atoms. The van der Waals surface area contributed by atoms with E-state index >= 15 is 0 Å². The normalized spacial score (nSPS) is 29.3. The summed E-state index contributed by atoms with van der Waals surface area (Å²) in [7, 11) is 0. The van der Waals surface area contributed by atoms with Crippen LogP contribution in [-0.2, 0) is 6.54 Å². The van der Waals surface area contributed by atoms with E-state index in [1.54, 1.807) is 0 Å². The van der Waals surface area contributed by atoms with Crippen LogP contribution in [0.5, 0.6) is 0 Å². The summed E-state index contributed by atoms with van der Waals surface area (Å²) in [5, 5.41) is 0. The molecule has 112 valence electrons. The maximum atomic E-state index is 13.9.